The van der Waals surface area contributed by atoms with Crippen LogP contribution in [0.1, 0.15) is 32.0 Å². The maximum Gasteiger partial charge on any atom is 0.345 e. The smallest absolute Gasteiger partial charge is 0.345 e. The highest BCUT2D eigenvalue weighted by Gasteiger charge is 2.22. The molecule has 5 rings (SSSR count). The first-order valence-corrected chi connectivity index (χ1v) is 14.7. The molecule has 2 N–H and O–H groups in total. The molecule has 7 nitrogen and oxygen atoms in total. The van der Waals surface area contributed by atoms with Crippen LogP contribution in [0.2, 0.25) is 15.1 Å². The van der Waals surface area contributed by atoms with Gasteiger partial charge in [-0.15, -0.1) is 0 Å². The lowest BCUT2D eigenvalue weighted by Gasteiger charge is -2.11. The van der Waals surface area contributed by atoms with Crippen molar-refractivity contribution >= 4 is 95.7 Å². The summed E-state index contributed by atoms with van der Waals surface area (Å²) in [6.07, 6.45) is 1.33. The van der Waals surface area contributed by atoms with Crippen LogP contribution in [0.4, 0.5) is 0 Å². The molecule has 1 heterocycles. The third kappa shape index (κ3) is 6.09. The zero-order chi connectivity index (χ0) is 30.0. The SMILES string of the molecule is N#Cc1cccc2c(-c3ccccc3Cl)c(C(=O)NN=Cc3cc(Br)cc(Br)c3OC(=O)c3ccc(Cl)cc3Cl)[nH]c12. The van der Waals surface area contributed by atoms with E-state index < -0.39 is 11.9 Å². The van der Waals surface area contributed by atoms with E-state index in [0.29, 0.717) is 52.1 Å². The first-order valence-electron chi connectivity index (χ1n) is 12.0. The molecule has 0 radical (unpaired) electrons. The van der Waals surface area contributed by atoms with E-state index in [0.717, 1.165) is 0 Å². The molecule has 0 bridgehead atoms. The van der Waals surface area contributed by atoms with Gasteiger partial charge < -0.3 is 9.72 Å². The largest absolute Gasteiger partial charge is 0.421 e. The van der Waals surface area contributed by atoms with Gasteiger partial charge in [-0.25, -0.2) is 10.2 Å². The van der Waals surface area contributed by atoms with E-state index in [-0.39, 0.29) is 22.0 Å². The predicted molar refractivity (Wildman–Crippen MR) is 172 cm³/mol. The number of ether oxygens (including phenoxy) is 1. The van der Waals surface area contributed by atoms with Gasteiger partial charge in [0.1, 0.15) is 11.8 Å². The zero-order valence-corrected chi connectivity index (χ0v) is 26.5. The lowest BCUT2D eigenvalue weighted by atomic mass is 10.0. The number of aromatic nitrogens is 1. The summed E-state index contributed by atoms with van der Waals surface area (Å²) >= 11 is 25.4. The summed E-state index contributed by atoms with van der Waals surface area (Å²) in [4.78, 5) is 29.4. The van der Waals surface area contributed by atoms with Crippen LogP contribution in [-0.4, -0.2) is 23.1 Å². The molecule has 0 aliphatic rings. The molecule has 0 saturated carbocycles. The summed E-state index contributed by atoms with van der Waals surface area (Å²) < 4.78 is 6.75. The number of amides is 1. The Morgan fingerprint density at radius 3 is 2.50 bits per heavy atom. The molecule has 5 aromatic rings. The molecule has 4 aromatic carbocycles. The Kier molecular flexibility index (Phi) is 9.02. The fraction of sp³-hybridized carbons (Fsp3) is 0. The summed E-state index contributed by atoms with van der Waals surface area (Å²) in [5.74, 6) is -1.15. The molecule has 0 spiro atoms. The van der Waals surface area contributed by atoms with E-state index >= 15 is 0 Å². The van der Waals surface area contributed by atoms with Gasteiger partial charge in [0.2, 0.25) is 0 Å². The van der Waals surface area contributed by atoms with Crippen molar-refractivity contribution in [1.82, 2.24) is 10.4 Å². The number of rotatable bonds is 6. The van der Waals surface area contributed by atoms with E-state index in [1.807, 2.05) is 0 Å². The van der Waals surface area contributed by atoms with Gasteiger partial charge in [-0.1, -0.05) is 81.1 Å². The molecule has 0 aliphatic heterocycles. The van der Waals surface area contributed by atoms with Gasteiger partial charge in [-0.05, 0) is 58.4 Å². The van der Waals surface area contributed by atoms with E-state index in [2.05, 4.69) is 53.4 Å². The van der Waals surface area contributed by atoms with Gasteiger partial charge in [-0.3, -0.25) is 4.79 Å². The minimum atomic E-state index is -0.714. The van der Waals surface area contributed by atoms with Crippen LogP contribution in [0.15, 0.2) is 86.8 Å². The molecule has 208 valence electrons. The number of nitrogens with zero attached hydrogens (tertiary/aromatic N) is 2. The van der Waals surface area contributed by atoms with Crippen molar-refractivity contribution in [2.45, 2.75) is 0 Å². The monoisotopic (exact) mass is 742 g/mol. The van der Waals surface area contributed by atoms with Crippen LogP contribution in [0.5, 0.6) is 5.75 Å². The number of para-hydroxylation sites is 1. The molecule has 0 aliphatic carbocycles. The Bertz CT molecular complexity index is 1970. The number of halogens is 5. The summed E-state index contributed by atoms with van der Waals surface area (Å²) in [5, 5.41) is 15.3. The first-order chi connectivity index (χ1) is 20.2. The number of H-pyrrole nitrogens is 1. The van der Waals surface area contributed by atoms with Crippen LogP contribution in [0.25, 0.3) is 22.0 Å². The maximum absolute atomic E-state index is 13.4. The van der Waals surface area contributed by atoms with Crippen molar-refractivity contribution < 1.29 is 14.3 Å². The number of carbonyl (C=O) groups is 2. The number of nitriles is 1. The van der Waals surface area contributed by atoms with E-state index in [4.69, 9.17) is 39.5 Å². The third-order valence-corrected chi connectivity index (χ3v) is 8.00. The van der Waals surface area contributed by atoms with Crippen LogP contribution >= 0.6 is 66.7 Å². The minimum absolute atomic E-state index is 0.120. The molecule has 1 amide bonds. The van der Waals surface area contributed by atoms with Gasteiger partial charge in [0, 0.05) is 36.6 Å². The molecule has 0 saturated heterocycles. The van der Waals surface area contributed by atoms with Crippen molar-refractivity contribution in [3.05, 3.63) is 119 Å². The lowest BCUT2D eigenvalue weighted by Crippen LogP contribution is -2.19. The highest BCUT2D eigenvalue weighted by Crippen LogP contribution is 2.38. The normalized spacial score (nSPS) is 11.0. The van der Waals surface area contributed by atoms with Crippen molar-refractivity contribution in [3.8, 4) is 22.9 Å². The lowest BCUT2D eigenvalue weighted by molar-refractivity contribution is 0.0733. The number of carbonyl (C=O) groups excluding carboxylic acids is 2. The quantitative estimate of drug-likeness (QED) is 0.0783. The zero-order valence-electron chi connectivity index (χ0n) is 21.0. The predicted octanol–water partition coefficient (Wildman–Crippen LogP) is 9.17. The number of nitrogens with one attached hydrogen (secondary N) is 2. The second-order valence-corrected chi connectivity index (χ2v) is 11.7. The summed E-state index contributed by atoms with van der Waals surface area (Å²) in [5.41, 5.74) is 5.16. The first kappa shape index (κ1) is 29.8. The number of hydrogen-bond donors (Lipinski definition) is 2. The summed E-state index contributed by atoms with van der Waals surface area (Å²) in [6, 6.07) is 22.2. The molecular formula is C30H15Br2Cl3N4O3. The second kappa shape index (κ2) is 12.7. The topological polar surface area (TPSA) is 107 Å². The Morgan fingerprint density at radius 2 is 1.76 bits per heavy atom. The highest BCUT2D eigenvalue weighted by atomic mass is 79.9. The van der Waals surface area contributed by atoms with Crippen molar-refractivity contribution in [2.24, 2.45) is 5.10 Å². The van der Waals surface area contributed by atoms with Crippen LogP contribution < -0.4 is 10.2 Å². The number of benzene rings is 4. The number of esters is 1. The molecule has 0 fully saturated rings. The number of aromatic amines is 1. The van der Waals surface area contributed by atoms with Gasteiger partial charge >= 0.3 is 5.97 Å². The Labute approximate surface area is 271 Å². The Balaban J connectivity index is 1.48. The van der Waals surface area contributed by atoms with E-state index in [1.54, 1.807) is 54.6 Å². The molecule has 0 atom stereocenters. The number of hydrogen-bond acceptors (Lipinski definition) is 5. The molecule has 1 aromatic heterocycles. The molecule has 0 unspecified atom stereocenters. The number of hydrazone groups is 1. The standard InChI is InChI=1S/C30H15Br2Cl3N4O3/c31-17-10-16(28(22(32)11-17)42-30(41)20-9-8-18(33)12-24(20)35)14-37-39-29(40)27-25(19-5-1-2-7-23(19)34)21-6-3-4-15(13-36)26(21)38-27/h1-12,14,38H,(H,39,40). The summed E-state index contributed by atoms with van der Waals surface area (Å²) in [7, 11) is 0. The van der Waals surface area contributed by atoms with Gasteiger partial charge in [0.25, 0.3) is 5.91 Å². The minimum Gasteiger partial charge on any atom is -0.421 e. The maximum atomic E-state index is 13.4. The van der Waals surface area contributed by atoms with Crippen molar-refractivity contribution in [1.29, 1.82) is 5.26 Å². The van der Waals surface area contributed by atoms with Gasteiger partial charge in [-0.2, -0.15) is 10.4 Å². The highest BCUT2D eigenvalue weighted by molar-refractivity contribution is 9.11. The van der Waals surface area contributed by atoms with Crippen molar-refractivity contribution in [3.63, 3.8) is 0 Å². The van der Waals surface area contributed by atoms with Gasteiger partial charge in [0.15, 0.2) is 5.75 Å². The fourth-order valence-corrected chi connectivity index (χ4v) is 6.28. The van der Waals surface area contributed by atoms with E-state index in [9.17, 15) is 14.9 Å². The number of fused-ring (bicyclic) bond motifs is 1. The molecular weight excluding hydrogens is 731 g/mol. The fourth-order valence-electron chi connectivity index (χ4n) is 4.23. The molecule has 42 heavy (non-hydrogen) atoms. The average Bonchev–Trinajstić information content (AvgIpc) is 3.34. The van der Waals surface area contributed by atoms with Crippen LogP contribution in [0.3, 0.4) is 0 Å². The average molecular weight is 746 g/mol. The van der Waals surface area contributed by atoms with Crippen LogP contribution in [-0.2, 0) is 0 Å². The summed E-state index contributed by atoms with van der Waals surface area (Å²) in [6.45, 7) is 0. The van der Waals surface area contributed by atoms with Crippen LogP contribution in [0, 0.1) is 11.3 Å². The second-order valence-electron chi connectivity index (χ2n) is 8.71. The van der Waals surface area contributed by atoms with E-state index in [1.165, 1.54) is 24.4 Å². The van der Waals surface area contributed by atoms with Crippen molar-refractivity contribution in [2.75, 3.05) is 0 Å². The Hall–Kier alpha value is -3.65. The van der Waals surface area contributed by atoms with Gasteiger partial charge in [0.05, 0.1) is 32.4 Å². The third-order valence-electron chi connectivity index (χ3n) is 6.08. The Morgan fingerprint density at radius 1 is 0.976 bits per heavy atom. The molecule has 12 heteroatoms.